The number of phenols is 1. The van der Waals surface area contributed by atoms with Gasteiger partial charge in [-0.25, -0.2) is 15.0 Å². The molecule has 6 N–H and O–H groups in total. The van der Waals surface area contributed by atoms with Gasteiger partial charge in [0.2, 0.25) is 0 Å². The van der Waals surface area contributed by atoms with Crippen LogP contribution in [0.1, 0.15) is 6.92 Å². The van der Waals surface area contributed by atoms with Gasteiger partial charge in [0.15, 0.2) is 37.3 Å². The summed E-state index contributed by atoms with van der Waals surface area (Å²) in [6.07, 6.45) is 0. The first-order chi connectivity index (χ1) is 22.3. The molecule has 0 aliphatic heterocycles. The molecule has 1 heterocycles. The third-order valence-corrected chi connectivity index (χ3v) is 6.10. The summed E-state index contributed by atoms with van der Waals surface area (Å²) in [6, 6.07) is 18.0. The summed E-state index contributed by atoms with van der Waals surface area (Å²) < 4.78 is 16.8. The van der Waals surface area contributed by atoms with E-state index in [1.54, 1.807) is 31.2 Å². The molecule has 240 valence electrons. The van der Waals surface area contributed by atoms with E-state index in [2.05, 4.69) is 30.9 Å². The molecule has 1 aromatic heterocycles. The Hall–Kier alpha value is -5.80. The second-order valence-electron chi connectivity index (χ2n) is 9.34. The monoisotopic (exact) mass is 632 g/mol. The lowest BCUT2D eigenvalue weighted by atomic mass is 10.1. The number of ether oxygens (including phenoxy) is 3. The van der Waals surface area contributed by atoms with Gasteiger partial charge < -0.3 is 45.5 Å². The van der Waals surface area contributed by atoms with Gasteiger partial charge in [-0.3, -0.25) is 14.4 Å². The number of hydrogen-bond donors (Lipinski definition) is 6. The summed E-state index contributed by atoms with van der Waals surface area (Å²) in [4.78, 5) is 49.5. The molecule has 46 heavy (non-hydrogen) atoms. The van der Waals surface area contributed by atoms with Crippen molar-refractivity contribution in [3.63, 3.8) is 0 Å². The normalized spacial score (nSPS) is 10.5. The zero-order valence-corrected chi connectivity index (χ0v) is 24.7. The molecule has 0 bridgehead atoms. The van der Waals surface area contributed by atoms with E-state index < -0.39 is 31.9 Å². The van der Waals surface area contributed by atoms with E-state index in [1.165, 1.54) is 24.3 Å². The molecule has 4 rings (SSSR count). The standard InChI is InChI=1S/C31H32N6O9/c1-2-32-26(41)14-45-21-9-11-23(25(13-21)46-16-28(43)34-18-39)31-36-29(19-6-4-3-5-7-19)35-30(37-31)22-10-8-20(12-24(22)40)44-15-27(42)33-17-38/h3-13,38-40H,2,14-18H2,1H3,(H,32,41)(H,33,42)(H,34,43). The molecule has 3 amide bonds. The fraction of sp³-hybridized carbons (Fsp3) is 0.226. The quantitative estimate of drug-likeness (QED) is 0.101. The maximum absolute atomic E-state index is 12.1. The first-order valence-electron chi connectivity index (χ1n) is 14.0. The molecule has 3 aromatic carbocycles. The molecule has 15 nitrogen and oxygen atoms in total. The number of benzene rings is 3. The number of aliphatic hydroxyl groups is 2. The molecule has 0 fully saturated rings. The van der Waals surface area contributed by atoms with Crippen LogP contribution in [0.15, 0.2) is 66.7 Å². The number of likely N-dealkylation sites (N-methyl/N-ethyl adjacent to an activating group) is 1. The minimum atomic E-state index is -0.593. The number of aromatic hydroxyl groups is 1. The first-order valence-corrected chi connectivity index (χ1v) is 14.0. The molecule has 0 aliphatic rings. The van der Waals surface area contributed by atoms with Crippen LogP contribution < -0.4 is 30.2 Å². The van der Waals surface area contributed by atoms with Crippen molar-refractivity contribution in [3.05, 3.63) is 66.7 Å². The van der Waals surface area contributed by atoms with Crippen molar-refractivity contribution in [3.8, 4) is 57.2 Å². The number of hydrogen-bond acceptors (Lipinski definition) is 12. The van der Waals surface area contributed by atoms with Crippen LogP contribution in [-0.4, -0.2) is 87.8 Å². The average Bonchev–Trinajstić information content (AvgIpc) is 3.06. The van der Waals surface area contributed by atoms with E-state index in [9.17, 15) is 19.5 Å². The van der Waals surface area contributed by atoms with E-state index in [-0.39, 0.29) is 65.2 Å². The van der Waals surface area contributed by atoms with Crippen LogP contribution in [0.2, 0.25) is 0 Å². The minimum absolute atomic E-state index is 0.0893. The lowest BCUT2D eigenvalue weighted by Gasteiger charge is -2.15. The number of aliphatic hydroxyl groups excluding tert-OH is 2. The Labute approximate surface area is 263 Å². The second kappa shape index (κ2) is 16.3. The van der Waals surface area contributed by atoms with Crippen molar-refractivity contribution in [1.29, 1.82) is 0 Å². The first kappa shape index (κ1) is 33.1. The molecule has 0 aliphatic carbocycles. The lowest BCUT2D eigenvalue weighted by Crippen LogP contribution is -2.29. The highest BCUT2D eigenvalue weighted by molar-refractivity contribution is 5.79. The highest BCUT2D eigenvalue weighted by Crippen LogP contribution is 2.36. The minimum Gasteiger partial charge on any atom is -0.507 e. The summed E-state index contributed by atoms with van der Waals surface area (Å²) >= 11 is 0. The van der Waals surface area contributed by atoms with Crippen LogP contribution in [0, 0.1) is 0 Å². The number of aromatic nitrogens is 3. The van der Waals surface area contributed by atoms with Gasteiger partial charge in [-0.05, 0) is 31.2 Å². The van der Waals surface area contributed by atoms with Gasteiger partial charge in [-0.1, -0.05) is 30.3 Å². The Morgan fingerprint density at radius 3 is 1.76 bits per heavy atom. The Bertz CT molecular complexity index is 1670. The van der Waals surface area contributed by atoms with Crippen molar-refractivity contribution < 1.29 is 43.9 Å². The van der Waals surface area contributed by atoms with E-state index in [0.717, 1.165) is 0 Å². The molecule has 4 aromatic rings. The van der Waals surface area contributed by atoms with Gasteiger partial charge in [-0.15, -0.1) is 0 Å². The summed E-state index contributed by atoms with van der Waals surface area (Å²) in [5.41, 5.74) is 1.20. The van der Waals surface area contributed by atoms with Gasteiger partial charge in [-0.2, -0.15) is 0 Å². The highest BCUT2D eigenvalue weighted by atomic mass is 16.5. The Morgan fingerprint density at radius 2 is 1.17 bits per heavy atom. The number of carbonyl (C=O) groups excluding carboxylic acids is 3. The number of rotatable bonds is 15. The number of carbonyl (C=O) groups is 3. The summed E-state index contributed by atoms with van der Waals surface area (Å²) in [6.45, 7) is 0.0126. The number of nitrogens with zero attached hydrogens (tertiary/aromatic N) is 3. The van der Waals surface area contributed by atoms with Crippen molar-refractivity contribution in [2.75, 3.05) is 39.8 Å². The van der Waals surface area contributed by atoms with Gasteiger partial charge >= 0.3 is 0 Å². The summed E-state index contributed by atoms with van der Waals surface area (Å²) in [5, 5.41) is 35.8. The van der Waals surface area contributed by atoms with Gasteiger partial charge in [0.1, 0.15) is 36.5 Å². The number of amides is 3. The lowest BCUT2D eigenvalue weighted by molar-refractivity contribution is -0.125. The van der Waals surface area contributed by atoms with Gasteiger partial charge in [0.05, 0.1) is 11.1 Å². The molecule has 0 spiro atoms. The predicted octanol–water partition coefficient (Wildman–Crippen LogP) is 0.983. The maximum atomic E-state index is 12.1. The van der Waals surface area contributed by atoms with E-state index in [1.807, 2.05) is 18.2 Å². The number of phenolic OH excluding ortho intramolecular Hbond substituents is 1. The largest absolute Gasteiger partial charge is 0.507 e. The molecule has 0 saturated carbocycles. The highest BCUT2D eigenvalue weighted by Gasteiger charge is 2.19. The van der Waals surface area contributed by atoms with Crippen LogP contribution in [0.3, 0.4) is 0 Å². The average molecular weight is 633 g/mol. The van der Waals surface area contributed by atoms with Crippen LogP contribution in [-0.2, 0) is 14.4 Å². The third-order valence-electron chi connectivity index (χ3n) is 6.10. The Kier molecular flexibility index (Phi) is 11.7. The topological polar surface area (TPSA) is 214 Å². The predicted molar refractivity (Wildman–Crippen MR) is 163 cm³/mol. The fourth-order valence-corrected chi connectivity index (χ4v) is 3.99. The van der Waals surface area contributed by atoms with Gasteiger partial charge in [0.25, 0.3) is 17.7 Å². The fourth-order valence-electron chi connectivity index (χ4n) is 3.99. The van der Waals surface area contributed by atoms with E-state index in [0.29, 0.717) is 17.7 Å². The van der Waals surface area contributed by atoms with Crippen LogP contribution >= 0.6 is 0 Å². The summed E-state index contributed by atoms with van der Waals surface area (Å²) in [5.74, 6) is -0.648. The molecular formula is C31H32N6O9. The third kappa shape index (κ3) is 9.10. The van der Waals surface area contributed by atoms with Gasteiger partial charge in [0, 0.05) is 24.2 Å². The molecule has 0 radical (unpaired) electrons. The SMILES string of the molecule is CCNC(=O)COc1ccc(-c2nc(-c3ccccc3)nc(-c3ccc(OCC(=O)NCO)cc3O)n2)c(OCC(=O)NCO)c1. The van der Waals surface area contributed by atoms with Crippen LogP contribution in [0.4, 0.5) is 0 Å². The second-order valence-corrected chi connectivity index (χ2v) is 9.34. The number of nitrogens with one attached hydrogen (secondary N) is 3. The Balaban J connectivity index is 1.76. The van der Waals surface area contributed by atoms with Crippen molar-refractivity contribution in [1.82, 2.24) is 30.9 Å². The van der Waals surface area contributed by atoms with Crippen LogP contribution in [0.5, 0.6) is 23.0 Å². The van der Waals surface area contributed by atoms with Crippen molar-refractivity contribution in [2.45, 2.75) is 6.92 Å². The van der Waals surface area contributed by atoms with E-state index >= 15 is 0 Å². The zero-order chi connectivity index (χ0) is 32.9. The van der Waals surface area contributed by atoms with Crippen molar-refractivity contribution in [2.24, 2.45) is 0 Å². The van der Waals surface area contributed by atoms with Crippen LogP contribution in [0.25, 0.3) is 34.2 Å². The van der Waals surface area contributed by atoms with Crippen molar-refractivity contribution >= 4 is 17.7 Å². The molecule has 0 unspecified atom stereocenters. The van der Waals surface area contributed by atoms with E-state index in [4.69, 9.17) is 24.4 Å². The summed E-state index contributed by atoms with van der Waals surface area (Å²) in [7, 11) is 0. The zero-order valence-electron chi connectivity index (χ0n) is 24.7. The smallest absolute Gasteiger partial charge is 0.259 e. The molecule has 0 atom stereocenters. The molecule has 0 saturated heterocycles. The molecule has 15 heteroatoms. The molecular weight excluding hydrogens is 600 g/mol. The maximum Gasteiger partial charge on any atom is 0.259 e. The Morgan fingerprint density at radius 1 is 0.652 bits per heavy atom.